The topological polar surface area (TPSA) is 104 Å². The number of halogens is 1. The molecule has 2 aromatic rings. The molecule has 1 saturated heterocycles. The molecule has 1 aliphatic heterocycles. The number of hydrogen-bond acceptors (Lipinski definition) is 6. The third-order valence-electron chi connectivity index (χ3n) is 4.41. The Kier molecular flexibility index (Phi) is 6.81. The van der Waals surface area contributed by atoms with E-state index in [0.29, 0.717) is 23.8 Å². The fraction of sp³-hybridized carbons (Fsp3) is 0.421. The Hall–Kier alpha value is -2.52. The molecule has 1 aromatic carbocycles. The molecule has 1 aromatic heterocycles. The first kappa shape index (κ1) is 21.2. The molecule has 1 atom stereocenters. The summed E-state index contributed by atoms with van der Waals surface area (Å²) in [4.78, 5) is 39.0. The number of likely N-dealkylation sites (tertiary alicyclic amines) is 1. The van der Waals surface area contributed by atoms with Crippen LogP contribution in [-0.4, -0.2) is 52.0 Å². The van der Waals surface area contributed by atoms with Crippen LogP contribution in [0.25, 0.3) is 0 Å². The second kappa shape index (κ2) is 9.32. The Bertz CT molecular complexity index is 900. The highest BCUT2D eigenvalue weighted by atomic mass is 35.5. The molecule has 29 heavy (non-hydrogen) atoms. The fourth-order valence-electron chi connectivity index (χ4n) is 3.03. The molecule has 2 N–H and O–H groups in total. The zero-order valence-electron chi connectivity index (χ0n) is 16.1. The lowest BCUT2D eigenvalue weighted by Gasteiger charge is -2.31. The minimum Gasteiger partial charge on any atom is -0.354 e. The molecule has 0 bridgehead atoms. The molecule has 10 heteroatoms. The highest BCUT2D eigenvalue weighted by molar-refractivity contribution is 7.15. The van der Waals surface area contributed by atoms with Gasteiger partial charge in [-0.25, -0.2) is 0 Å². The van der Waals surface area contributed by atoms with Crippen molar-refractivity contribution in [2.45, 2.75) is 32.7 Å². The Labute approximate surface area is 177 Å². The van der Waals surface area contributed by atoms with Crippen LogP contribution in [0, 0.1) is 5.92 Å². The third-order valence-corrected chi connectivity index (χ3v) is 5.58. The van der Waals surface area contributed by atoms with Crippen LogP contribution < -0.4 is 10.6 Å². The normalized spacial score (nSPS) is 16.6. The van der Waals surface area contributed by atoms with Crippen molar-refractivity contribution in [3.8, 4) is 0 Å². The molecule has 8 nitrogen and oxygen atoms in total. The molecule has 3 amide bonds. The van der Waals surface area contributed by atoms with Gasteiger partial charge in [-0.2, -0.15) is 0 Å². The van der Waals surface area contributed by atoms with E-state index >= 15 is 0 Å². The highest BCUT2D eigenvalue weighted by Gasteiger charge is 2.31. The number of carbonyl (C=O) groups is 3. The van der Waals surface area contributed by atoms with E-state index in [2.05, 4.69) is 20.8 Å². The summed E-state index contributed by atoms with van der Waals surface area (Å²) in [6.07, 6.45) is 1.48. The lowest BCUT2D eigenvalue weighted by Crippen LogP contribution is -2.46. The number of nitrogens with zero attached hydrogens (tertiary/aromatic N) is 3. The first-order chi connectivity index (χ1) is 13.8. The summed E-state index contributed by atoms with van der Waals surface area (Å²) in [7, 11) is 0. The SMILES string of the molecule is CC(C)NC(=O)C1CCCN(C(=O)c2nnc(C(=O)Nc3ccc(Cl)cc3)s2)C1. The van der Waals surface area contributed by atoms with Crippen LogP contribution in [0.5, 0.6) is 0 Å². The predicted molar refractivity (Wildman–Crippen MR) is 111 cm³/mol. The lowest BCUT2D eigenvalue weighted by atomic mass is 9.97. The quantitative estimate of drug-likeness (QED) is 0.751. The number of carbonyl (C=O) groups excluding carboxylic acids is 3. The number of benzene rings is 1. The summed E-state index contributed by atoms with van der Waals surface area (Å²) in [5.41, 5.74) is 0.567. The second-order valence-electron chi connectivity index (χ2n) is 7.13. The molecule has 0 aliphatic carbocycles. The van der Waals surface area contributed by atoms with E-state index in [4.69, 9.17) is 11.6 Å². The standard InChI is InChI=1S/C19H22ClN5O3S/c1-11(2)21-15(26)12-4-3-9-25(10-12)19(28)18-24-23-17(29-18)16(27)22-14-7-5-13(20)6-8-14/h5-8,11-12H,3-4,9-10H2,1-2H3,(H,21,26)(H,22,27). The van der Waals surface area contributed by atoms with Crippen molar-refractivity contribution in [1.29, 1.82) is 0 Å². The Morgan fingerprint density at radius 2 is 1.86 bits per heavy atom. The van der Waals surface area contributed by atoms with Crippen molar-refractivity contribution in [1.82, 2.24) is 20.4 Å². The summed E-state index contributed by atoms with van der Waals surface area (Å²) in [6, 6.07) is 6.72. The largest absolute Gasteiger partial charge is 0.354 e. The van der Waals surface area contributed by atoms with Crippen LogP contribution in [0.2, 0.25) is 5.02 Å². The number of piperidine rings is 1. The maximum absolute atomic E-state index is 12.8. The van der Waals surface area contributed by atoms with E-state index in [1.807, 2.05) is 13.8 Å². The van der Waals surface area contributed by atoms with Gasteiger partial charge in [0.05, 0.1) is 5.92 Å². The van der Waals surface area contributed by atoms with Gasteiger partial charge in [-0.05, 0) is 51.0 Å². The molecule has 0 saturated carbocycles. The molecule has 2 heterocycles. The van der Waals surface area contributed by atoms with E-state index in [1.54, 1.807) is 29.2 Å². The van der Waals surface area contributed by atoms with Gasteiger partial charge in [0.15, 0.2) is 0 Å². The molecule has 0 spiro atoms. The molecule has 1 aliphatic rings. The Morgan fingerprint density at radius 3 is 2.55 bits per heavy atom. The Morgan fingerprint density at radius 1 is 1.17 bits per heavy atom. The molecule has 1 fully saturated rings. The number of rotatable bonds is 5. The third kappa shape index (κ3) is 5.51. The fourth-order valence-corrected chi connectivity index (χ4v) is 3.87. The van der Waals surface area contributed by atoms with E-state index in [1.165, 1.54) is 0 Å². The van der Waals surface area contributed by atoms with Gasteiger partial charge in [0.2, 0.25) is 15.9 Å². The molecule has 0 radical (unpaired) electrons. The van der Waals surface area contributed by atoms with Gasteiger partial charge in [-0.15, -0.1) is 10.2 Å². The monoisotopic (exact) mass is 435 g/mol. The van der Waals surface area contributed by atoms with Gasteiger partial charge in [0.25, 0.3) is 11.8 Å². The lowest BCUT2D eigenvalue weighted by molar-refractivity contribution is -0.126. The van der Waals surface area contributed by atoms with Crippen molar-refractivity contribution in [3.05, 3.63) is 39.3 Å². The number of anilines is 1. The van der Waals surface area contributed by atoms with Crippen molar-refractivity contribution in [2.75, 3.05) is 18.4 Å². The molecular formula is C19H22ClN5O3S. The van der Waals surface area contributed by atoms with E-state index in [-0.39, 0.29) is 33.8 Å². The van der Waals surface area contributed by atoms with Gasteiger partial charge >= 0.3 is 0 Å². The second-order valence-corrected chi connectivity index (χ2v) is 8.54. The average molecular weight is 436 g/mol. The zero-order chi connectivity index (χ0) is 21.0. The van der Waals surface area contributed by atoms with Crippen molar-refractivity contribution >= 4 is 46.3 Å². The van der Waals surface area contributed by atoms with Crippen LogP contribution in [0.3, 0.4) is 0 Å². The van der Waals surface area contributed by atoms with Crippen LogP contribution in [0.1, 0.15) is 46.3 Å². The highest BCUT2D eigenvalue weighted by Crippen LogP contribution is 2.21. The summed E-state index contributed by atoms with van der Waals surface area (Å²) >= 11 is 6.76. The smallest absolute Gasteiger partial charge is 0.286 e. The van der Waals surface area contributed by atoms with Gasteiger partial charge in [-0.3, -0.25) is 14.4 Å². The van der Waals surface area contributed by atoms with Crippen LogP contribution in [0.4, 0.5) is 5.69 Å². The maximum Gasteiger partial charge on any atom is 0.286 e. The van der Waals surface area contributed by atoms with Crippen LogP contribution in [0.15, 0.2) is 24.3 Å². The summed E-state index contributed by atoms with van der Waals surface area (Å²) < 4.78 is 0. The van der Waals surface area contributed by atoms with Gasteiger partial charge in [0, 0.05) is 29.8 Å². The van der Waals surface area contributed by atoms with Gasteiger partial charge < -0.3 is 15.5 Å². The molecule has 3 rings (SSSR count). The van der Waals surface area contributed by atoms with E-state index in [0.717, 1.165) is 24.2 Å². The first-order valence-electron chi connectivity index (χ1n) is 9.33. The number of hydrogen-bond donors (Lipinski definition) is 2. The predicted octanol–water partition coefficient (Wildman–Crippen LogP) is 2.82. The van der Waals surface area contributed by atoms with Crippen LogP contribution >= 0.6 is 22.9 Å². The van der Waals surface area contributed by atoms with Gasteiger partial charge in [0.1, 0.15) is 0 Å². The molecule has 1 unspecified atom stereocenters. The zero-order valence-corrected chi connectivity index (χ0v) is 17.7. The van der Waals surface area contributed by atoms with E-state index in [9.17, 15) is 14.4 Å². The first-order valence-corrected chi connectivity index (χ1v) is 10.5. The van der Waals surface area contributed by atoms with Crippen LogP contribution in [-0.2, 0) is 4.79 Å². The number of nitrogens with one attached hydrogen (secondary N) is 2. The van der Waals surface area contributed by atoms with Crippen molar-refractivity contribution in [2.24, 2.45) is 5.92 Å². The van der Waals surface area contributed by atoms with Gasteiger partial charge in [-0.1, -0.05) is 22.9 Å². The van der Waals surface area contributed by atoms with Crippen molar-refractivity contribution < 1.29 is 14.4 Å². The molecule has 154 valence electrons. The Balaban J connectivity index is 1.63. The summed E-state index contributed by atoms with van der Waals surface area (Å²) in [5.74, 6) is -1.04. The summed E-state index contributed by atoms with van der Waals surface area (Å²) in [6.45, 7) is 4.70. The minimum absolute atomic E-state index is 0.0437. The number of amides is 3. The van der Waals surface area contributed by atoms with E-state index < -0.39 is 5.91 Å². The summed E-state index contributed by atoms with van der Waals surface area (Å²) in [5, 5.41) is 14.1. The molecular weight excluding hydrogens is 414 g/mol. The van der Waals surface area contributed by atoms with Crippen molar-refractivity contribution in [3.63, 3.8) is 0 Å². The maximum atomic E-state index is 12.8. The average Bonchev–Trinajstić information content (AvgIpc) is 3.19. The number of aromatic nitrogens is 2. The minimum atomic E-state index is -0.447.